The summed E-state index contributed by atoms with van der Waals surface area (Å²) < 4.78 is 5.34. The van der Waals surface area contributed by atoms with E-state index in [1.807, 2.05) is 18.2 Å². The van der Waals surface area contributed by atoms with E-state index in [0.29, 0.717) is 12.5 Å². The largest absolute Gasteiger partial charge is 0.501 e. The van der Waals surface area contributed by atoms with Gasteiger partial charge >= 0.3 is 0 Å². The maximum atomic E-state index is 5.34. The molecule has 0 amide bonds. The third kappa shape index (κ3) is 3.48. The molecule has 1 heteroatoms. The number of allylic oxidation sites excluding steroid dienone is 2. The Balaban J connectivity index is 2.39. The van der Waals surface area contributed by atoms with Crippen LogP contribution in [0.15, 0.2) is 55.3 Å². The van der Waals surface area contributed by atoms with Gasteiger partial charge in [-0.05, 0) is 11.6 Å². The van der Waals surface area contributed by atoms with Gasteiger partial charge in [0.15, 0.2) is 0 Å². The van der Waals surface area contributed by atoms with Gasteiger partial charge in [-0.3, -0.25) is 0 Å². The number of rotatable bonds is 5. The molecule has 0 N–H and O–H groups in total. The molecule has 0 aliphatic heterocycles. The van der Waals surface area contributed by atoms with Gasteiger partial charge in [0.1, 0.15) is 0 Å². The van der Waals surface area contributed by atoms with Crippen LogP contribution in [0.5, 0.6) is 0 Å². The van der Waals surface area contributed by atoms with Gasteiger partial charge in [0.05, 0.1) is 12.9 Å². The second-order valence-electron chi connectivity index (χ2n) is 3.21. The van der Waals surface area contributed by atoms with Gasteiger partial charge in [0, 0.05) is 5.92 Å². The Morgan fingerprint density at radius 2 is 2.07 bits per heavy atom. The molecule has 1 nitrogen and oxygen atoms in total. The Hall–Kier alpha value is -1.50. The Kier molecular flexibility index (Phi) is 4.56. The summed E-state index contributed by atoms with van der Waals surface area (Å²) in [6.07, 6.45) is 5.16. The molecule has 0 spiro atoms. The van der Waals surface area contributed by atoms with E-state index in [4.69, 9.17) is 4.74 Å². The molecule has 0 saturated heterocycles. The number of ether oxygens (including phenoxy) is 1. The summed E-state index contributed by atoms with van der Waals surface area (Å²) in [5, 5.41) is 0. The molecule has 1 rings (SSSR count). The highest BCUT2D eigenvalue weighted by atomic mass is 16.5. The van der Waals surface area contributed by atoms with Crippen LogP contribution in [-0.2, 0) is 4.74 Å². The van der Waals surface area contributed by atoms with Crippen LogP contribution in [0.25, 0.3) is 0 Å². The molecule has 1 atom stereocenters. The highest BCUT2D eigenvalue weighted by Gasteiger charge is 2.03. The van der Waals surface area contributed by atoms with Crippen molar-refractivity contribution in [2.24, 2.45) is 0 Å². The van der Waals surface area contributed by atoms with Crippen LogP contribution in [0.3, 0.4) is 0 Å². The van der Waals surface area contributed by atoms with Crippen LogP contribution >= 0.6 is 0 Å². The molecule has 0 radical (unpaired) electrons. The Morgan fingerprint density at radius 1 is 1.36 bits per heavy atom. The zero-order chi connectivity index (χ0) is 10.2. The molecule has 0 bridgehead atoms. The fourth-order valence-electron chi connectivity index (χ4n) is 1.19. The molecule has 1 aromatic rings. The van der Waals surface area contributed by atoms with Crippen molar-refractivity contribution in [1.82, 2.24) is 0 Å². The first-order chi connectivity index (χ1) is 6.84. The quantitative estimate of drug-likeness (QED) is 0.507. The molecule has 0 aromatic heterocycles. The highest BCUT2D eigenvalue weighted by molar-refractivity contribution is 5.18. The normalized spacial score (nSPS) is 12.6. The molecule has 14 heavy (non-hydrogen) atoms. The van der Waals surface area contributed by atoms with Gasteiger partial charge in [-0.1, -0.05) is 49.9 Å². The van der Waals surface area contributed by atoms with Crippen molar-refractivity contribution < 1.29 is 4.74 Å². The molecule has 0 aliphatic rings. The molecule has 0 saturated carbocycles. The highest BCUT2D eigenvalue weighted by Crippen LogP contribution is 2.14. The lowest BCUT2D eigenvalue weighted by atomic mass is 10.0. The topological polar surface area (TPSA) is 9.23 Å². The van der Waals surface area contributed by atoms with E-state index in [0.717, 1.165) is 0 Å². The van der Waals surface area contributed by atoms with E-state index in [-0.39, 0.29) is 0 Å². The molecular weight excluding hydrogens is 172 g/mol. The second-order valence-corrected chi connectivity index (χ2v) is 3.21. The van der Waals surface area contributed by atoms with Gasteiger partial charge in [-0.25, -0.2) is 0 Å². The van der Waals surface area contributed by atoms with Crippen LogP contribution in [0.1, 0.15) is 18.4 Å². The summed E-state index contributed by atoms with van der Waals surface area (Å²) in [7, 11) is 0. The minimum atomic E-state index is 0.422. The molecule has 0 fully saturated rings. The van der Waals surface area contributed by atoms with Gasteiger partial charge in [-0.15, -0.1) is 0 Å². The zero-order valence-electron chi connectivity index (χ0n) is 8.52. The number of hydrogen-bond acceptors (Lipinski definition) is 1. The summed E-state index contributed by atoms with van der Waals surface area (Å²) in [6, 6.07) is 10.3. The molecular formula is C13H16O. The van der Waals surface area contributed by atoms with Crippen LogP contribution in [0.4, 0.5) is 0 Å². The Labute approximate surface area is 85.7 Å². The average Bonchev–Trinajstić information content (AvgIpc) is 2.25. The standard InChI is InChI=1S/C13H16O/c1-3-4-10-14-11-12(2)13-8-6-5-7-9-13/h3-10,12H,1,11H2,2H3/t12-/m1/s1. The number of benzene rings is 1. The van der Waals surface area contributed by atoms with Crippen molar-refractivity contribution in [2.75, 3.05) is 6.61 Å². The van der Waals surface area contributed by atoms with E-state index < -0.39 is 0 Å². The van der Waals surface area contributed by atoms with Crippen LogP contribution in [0, 0.1) is 0 Å². The predicted octanol–water partition coefficient (Wildman–Crippen LogP) is 3.51. The van der Waals surface area contributed by atoms with Crippen molar-refractivity contribution in [3.05, 3.63) is 60.9 Å². The first-order valence-corrected chi connectivity index (χ1v) is 4.78. The molecule has 1 aromatic carbocycles. The van der Waals surface area contributed by atoms with Crippen LogP contribution in [-0.4, -0.2) is 6.61 Å². The van der Waals surface area contributed by atoms with Crippen molar-refractivity contribution >= 4 is 0 Å². The van der Waals surface area contributed by atoms with E-state index >= 15 is 0 Å². The molecule has 74 valence electrons. The monoisotopic (exact) mass is 188 g/mol. The van der Waals surface area contributed by atoms with E-state index in [1.54, 1.807) is 18.4 Å². The van der Waals surface area contributed by atoms with Crippen molar-refractivity contribution in [3.63, 3.8) is 0 Å². The Morgan fingerprint density at radius 3 is 2.71 bits per heavy atom. The second kappa shape index (κ2) is 6.03. The molecule has 0 aliphatic carbocycles. The minimum absolute atomic E-state index is 0.422. The lowest BCUT2D eigenvalue weighted by Gasteiger charge is -2.10. The lowest BCUT2D eigenvalue weighted by molar-refractivity contribution is 0.232. The average molecular weight is 188 g/mol. The maximum Gasteiger partial charge on any atom is 0.0939 e. The summed E-state index contributed by atoms with van der Waals surface area (Å²) in [6.45, 7) is 6.42. The summed E-state index contributed by atoms with van der Waals surface area (Å²) in [4.78, 5) is 0. The lowest BCUT2D eigenvalue weighted by Crippen LogP contribution is -2.00. The van der Waals surface area contributed by atoms with E-state index in [9.17, 15) is 0 Å². The summed E-state index contributed by atoms with van der Waals surface area (Å²) >= 11 is 0. The molecule has 0 heterocycles. The fourth-order valence-corrected chi connectivity index (χ4v) is 1.19. The van der Waals surface area contributed by atoms with Crippen molar-refractivity contribution in [2.45, 2.75) is 12.8 Å². The number of hydrogen-bond donors (Lipinski definition) is 0. The smallest absolute Gasteiger partial charge is 0.0939 e. The van der Waals surface area contributed by atoms with E-state index in [1.165, 1.54) is 5.56 Å². The first kappa shape index (κ1) is 10.6. The van der Waals surface area contributed by atoms with E-state index in [2.05, 4.69) is 25.6 Å². The van der Waals surface area contributed by atoms with Gasteiger partial charge in [0.2, 0.25) is 0 Å². The summed E-state index contributed by atoms with van der Waals surface area (Å²) in [5.74, 6) is 0.422. The first-order valence-electron chi connectivity index (χ1n) is 4.78. The molecule has 0 unspecified atom stereocenters. The fraction of sp³-hybridized carbons (Fsp3) is 0.231. The van der Waals surface area contributed by atoms with Crippen LogP contribution < -0.4 is 0 Å². The van der Waals surface area contributed by atoms with Crippen LogP contribution in [0.2, 0.25) is 0 Å². The Bertz CT molecular complexity index is 287. The SMILES string of the molecule is C=CC=COC[C@@H](C)c1ccccc1. The van der Waals surface area contributed by atoms with Gasteiger partial charge < -0.3 is 4.74 Å². The summed E-state index contributed by atoms with van der Waals surface area (Å²) in [5.41, 5.74) is 1.31. The minimum Gasteiger partial charge on any atom is -0.501 e. The van der Waals surface area contributed by atoms with Gasteiger partial charge in [-0.2, -0.15) is 0 Å². The zero-order valence-corrected chi connectivity index (χ0v) is 8.52. The third-order valence-electron chi connectivity index (χ3n) is 2.03. The predicted molar refractivity (Wildman–Crippen MR) is 60.1 cm³/mol. The maximum absolute atomic E-state index is 5.34. The van der Waals surface area contributed by atoms with Crippen molar-refractivity contribution in [1.29, 1.82) is 0 Å². The van der Waals surface area contributed by atoms with Crippen molar-refractivity contribution in [3.8, 4) is 0 Å². The third-order valence-corrected chi connectivity index (χ3v) is 2.03. The van der Waals surface area contributed by atoms with Gasteiger partial charge in [0.25, 0.3) is 0 Å².